The third kappa shape index (κ3) is 13.6. The predicted molar refractivity (Wildman–Crippen MR) is 85.7 cm³/mol. The Bertz CT molecular complexity index is 309. The molecular formula is C15H31N3O4. The minimum absolute atomic E-state index is 0.00595. The Kier molecular flexibility index (Phi) is 12.5. The topological polar surface area (TPSA) is 88.7 Å². The van der Waals surface area contributed by atoms with E-state index >= 15 is 0 Å². The molecule has 130 valence electrons. The Morgan fingerprint density at radius 3 is 1.86 bits per heavy atom. The summed E-state index contributed by atoms with van der Waals surface area (Å²) in [5, 5.41) is 8.23. The number of carbonyl (C=O) groups is 2. The van der Waals surface area contributed by atoms with Crippen molar-refractivity contribution in [2.24, 2.45) is 11.8 Å². The molecule has 0 saturated carbocycles. The zero-order chi connectivity index (χ0) is 16.8. The van der Waals surface area contributed by atoms with Gasteiger partial charge in [0.15, 0.2) is 0 Å². The van der Waals surface area contributed by atoms with Crippen molar-refractivity contribution in [1.29, 1.82) is 0 Å². The Hall–Kier alpha value is -1.34. The van der Waals surface area contributed by atoms with Crippen molar-refractivity contribution in [3.05, 3.63) is 0 Å². The van der Waals surface area contributed by atoms with Gasteiger partial charge in [-0.1, -0.05) is 27.7 Å². The SMILES string of the molecule is CC(C)CNC(=O)NCCOCCOCCNC(=O)C(C)C. The second-order valence-electron chi connectivity index (χ2n) is 5.70. The zero-order valence-electron chi connectivity index (χ0n) is 14.2. The number of hydrogen-bond donors (Lipinski definition) is 3. The molecule has 0 aliphatic heterocycles. The smallest absolute Gasteiger partial charge is 0.314 e. The summed E-state index contributed by atoms with van der Waals surface area (Å²) in [7, 11) is 0. The van der Waals surface area contributed by atoms with Gasteiger partial charge < -0.3 is 25.4 Å². The first-order valence-corrected chi connectivity index (χ1v) is 7.88. The molecule has 0 heterocycles. The summed E-state index contributed by atoms with van der Waals surface area (Å²) in [6.45, 7) is 11.3. The number of urea groups is 1. The highest BCUT2D eigenvalue weighted by atomic mass is 16.5. The van der Waals surface area contributed by atoms with Gasteiger partial charge >= 0.3 is 6.03 Å². The van der Waals surface area contributed by atoms with Crippen LogP contribution in [-0.2, 0) is 14.3 Å². The standard InChI is InChI=1S/C15H31N3O4/c1-12(2)11-18-15(20)17-6-8-22-10-9-21-7-5-16-14(19)13(3)4/h12-13H,5-11H2,1-4H3,(H,16,19)(H2,17,18,20). The largest absolute Gasteiger partial charge is 0.377 e. The van der Waals surface area contributed by atoms with E-state index in [0.717, 1.165) is 0 Å². The fourth-order valence-corrected chi connectivity index (χ4v) is 1.37. The molecule has 0 unspecified atom stereocenters. The van der Waals surface area contributed by atoms with Crippen LogP contribution in [0.3, 0.4) is 0 Å². The van der Waals surface area contributed by atoms with E-state index in [4.69, 9.17) is 9.47 Å². The third-order valence-corrected chi connectivity index (χ3v) is 2.64. The van der Waals surface area contributed by atoms with Crippen molar-refractivity contribution in [1.82, 2.24) is 16.0 Å². The van der Waals surface area contributed by atoms with E-state index in [9.17, 15) is 9.59 Å². The van der Waals surface area contributed by atoms with Gasteiger partial charge in [-0.05, 0) is 5.92 Å². The van der Waals surface area contributed by atoms with Crippen LogP contribution in [0.15, 0.2) is 0 Å². The van der Waals surface area contributed by atoms with Crippen LogP contribution in [-0.4, -0.2) is 58.0 Å². The third-order valence-electron chi connectivity index (χ3n) is 2.64. The van der Waals surface area contributed by atoms with Crippen LogP contribution in [0, 0.1) is 11.8 Å². The minimum Gasteiger partial charge on any atom is -0.377 e. The first kappa shape index (κ1) is 20.7. The Balaban J connectivity index is 3.24. The molecule has 0 aromatic carbocycles. The molecule has 0 rings (SSSR count). The predicted octanol–water partition coefficient (Wildman–Crippen LogP) is 0.747. The molecule has 0 aliphatic rings. The van der Waals surface area contributed by atoms with E-state index in [-0.39, 0.29) is 17.9 Å². The zero-order valence-corrected chi connectivity index (χ0v) is 14.2. The number of amides is 3. The second-order valence-corrected chi connectivity index (χ2v) is 5.70. The first-order chi connectivity index (χ1) is 10.4. The van der Waals surface area contributed by atoms with Gasteiger partial charge in [-0.2, -0.15) is 0 Å². The summed E-state index contributed by atoms with van der Waals surface area (Å²) in [4.78, 5) is 22.6. The molecule has 0 saturated heterocycles. The van der Waals surface area contributed by atoms with Crippen molar-refractivity contribution in [2.75, 3.05) is 46.1 Å². The molecule has 0 atom stereocenters. The Morgan fingerprint density at radius 1 is 0.818 bits per heavy atom. The highest BCUT2D eigenvalue weighted by molar-refractivity contribution is 5.77. The van der Waals surface area contributed by atoms with Gasteiger partial charge in [-0.15, -0.1) is 0 Å². The normalized spacial score (nSPS) is 10.8. The lowest BCUT2D eigenvalue weighted by Gasteiger charge is -2.10. The average molecular weight is 317 g/mol. The molecule has 3 N–H and O–H groups in total. The van der Waals surface area contributed by atoms with Gasteiger partial charge in [0.05, 0.1) is 26.4 Å². The molecular weight excluding hydrogens is 286 g/mol. The van der Waals surface area contributed by atoms with Crippen molar-refractivity contribution in [2.45, 2.75) is 27.7 Å². The maximum Gasteiger partial charge on any atom is 0.314 e. The van der Waals surface area contributed by atoms with Crippen LogP contribution in [0.25, 0.3) is 0 Å². The van der Waals surface area contributed by atoms with Crippen LogP contribution >= 0.6 is 0 Å². The van der Waals surface area contributed by atoms with Gasteiger partial charge in [-0.25, -0.2) is 4.79 Å². The summed E-state index contributed by atoms with van der Waals surface area (Å²) in [6.07, 6.45) is 0. The summed E-state index contributed by atoms with van der Waals surface area (Å²) in [6, 6.07) is -0.172. The van der Waals surface area contributed by atoms with Crippen LogP contribution in [0.5, 0.6) is 0 Å². The molecule has 22 heavy (non-hydrogen) atoms. The molecule has 0 radical (unpaired) electrons. The Morgan fingerprint density at radius 2 is 1.36 bits per heavy atom. The van der Waals surface area contributed by atoms with Crippen LogP contribution in [0.4, 0.5) is 4.79 Å². The van der Waals surface area contributed by atoms with E-state index in [1.165, 1.54) is 0 Å². The molecule has 0 bridgehead atoms. The van der Waals surface area contributed by atoms with Crippen molar-refractivity contribution in [3.63, 3.8) is 0 Å². The molecule has 0 aromatic rings. The summed E-state index contributed by atoms with van der Waals surface area (Å²) < 4.78 is 10.6. The average Bonchev–Trinajstić information content (AvgIpc) is 2.46. The molecule has 0 spiro atoms. The Labute approximate surface area is 133 Å². The molecule has 0 aliphatic carbocycles. The monoisotopic (exact) mass is 317 g/mol. The number of hydrogen-bond acceptors (Lipinski definition) is 4. The van der Waals surface area contributed by atoms with E-state index < -0.39 is 0 Å². The van der Waals surface area contributed by atoms with Crippen LogP contribution < -0.4 is 16.0 Å². The highest BCUT2D eigenvalue weighted by Crippen LogP contribution is 1.89. The quantitative estimate of drug-likeness (QED) is 0.463. The number of rotatable bonds is 12. The van der Waals surface area contributed by atoms with Gasteiger partial charge in [0, 0.05) is 25.6 Å². The molecule has 3 amide bonds. The molecule has 0 aromatic heterocycles. The lowest BCUT2D eigenvalue weighted by molar-refractivity contribution is -0.124. The highest BCUT2D eigenvalue weighted by Gasteiger charge is 2.04. The lowest BCUT2D eigenvalue weighted by Crippen LogP contribution is -2.39. The van der Waals surface area contributed by atoms with E-state index in [0.29, 0.717) is 52.0 Å². The maximum absolute atomic E-state index is 11.3. The van der Waals surface area contributed by atoms with Crippen molar-refractivity contribution >= 4 is 11.9 Å². The summed E-state index contributed by atoms with van der Waals surface area (Å²) in [5.74, 6) is 0.458. The van der Waals surface area contributed by atoms with Crippen LogP contribution in [0.1, 0.15) is 27.7 Å². The summed E-state index contributed by atoms with van der Waals surface area (Å²) in [5.41, 5.74) is 0. The van der Waals surface area contributed by atoms with Gasteiger partial charge in [-0.3, -0.25) is 4.79 Å². The van der Waals surface area contributed by atoms with E-state index in [2.05, 4.69) is 16.0 Å². The van der Waals surface area contributed by atoms with Crippen molar-refractivity contribution in [3.8, 4) is 0 Å². The lowest BCUT2D eigenvalue weighted by atomic mass is 10.2. The molecule has 7 nitrogen and oxygen atoms in total. The number of nitrogens with one attached hydrogen (secondary N) is 3. The number of ether oxygens (including phenoxy) is 2. The van der Waals surface area contributed by atoms with Gasteiger partial charge in [0.2, 0.25) is 5.91 Å². The van der Waals surface area contributed by atoms with E-state index in [1.54, 1.807) is 0 Å². The fourth-order valence-electron chi connectivity index (χ4n) is 1.37. The second kappa shape index (κ2) is 13.3. The fraction of sp³-hybridized carbons (Fsp3) is 0.867. The molecule has 0 fully saturated rings. The van der Waals surface area contributed by atoms with Crippen molar-refractivity contribution < 1.29 is 19.1 Å². The molecule has 7 heteroatoms. The van der Waals surface area contributed by atoms with Gasteiger partial charge in [0.1, 0.15) is 0 Å². The summed E-state index contributed by atoms with van der Waals surface area (Å²) >= 11 is 0. The van der Waals surface area contributed by atoms with Gasteiger partial charge in [0.25, 0.3) is 0 Å². The first-order valence-electron chi connectivity index (χ1n) is 7.88. The maximum atomic E-state index is 11.3. The van der Waals surface area contributed by atoms with E-state index in [1.807, 2.05) is 27.7 Å². The number of carbonyl (C=O) groups excluding carboxylic acids is 2. The van der Waals surface area contributed by atoms with Crippen LogP contribution in [0.2, 0.25) is 0 Å². The minimum atomic E-state index is -0.172.